The lowest BCUT2D eigenvalue weighted by molar-refractivity contribution is 0.0673. The topological polar surface area (TPSA) is 33.5 Å². The van der Waals surface area contributed by atoms with Crippen molar-refractivity contribution in [1.82, 2.24) is 19.4 Å². The summed E-state index contributed by atoms with van der Waals surface area (Å²) in [5.41, 5.74) is 2.47. The highest BCUT2D eigenvalue weighted by Crippen LogP contribution is 2.24. The summed E-state index contributed by atoms with van der Waals surface area (Å²) >= 11 is 0. The molecular weight excluding hydrogens is 360 g/mol. The summed E-state index contributed by atoms with van der Waals surface area (Å²) in [5, 5.41) is 0. The summed E-state index contributed by atoms with van der Waals surface area (Å²) in [5.74, 6) is 2.00. The number of aromatic nitrogens is 2. The van der Waals surface area contributed by atoms with Gasteiger partial charge in [-0.1, -0.05) is 48.5 Å². The van der Waals surface area contributed by atoms with Gasteiger partial charge < -0.3 is 9.30 Å². The first-order valence-electron chi connectivity index (χ1n) is 10.4. The molecule has 5 heteroatoms. The van der Waals surface area contributed by atoms with Gasteiger partial charge in [0.15, 0.2) is 0 Å². The van der Waals surface area contributed by atoms with Crippen LogP contribution in [0, 0.1) is 6.92 Å². The highest BCUT2D eigenvalue weighted by atomic mass is 16.5. The number of aryl methyl sites for hydroxylation is 2. The van der Waals surface area contributed by atoms with E-state index in [1.165, 1.54) is 5.56 Å². The second-order valence-electron chi connectivity index (χ2n) is 7.75. The molecule has 3 aromatic rings. The van der Waals surface area contributed by atoms with Crippen molar-refractivity contribution in [2.45, 2.75) is 19.5 Å². The summed E-state index contributed by atoms with van der Waals surface area (Å²) in [7, 11) is 2.06. The minimum Gasteiger partial charge on any atom is -0.492 e. The lowest BCUT2D eigenvalue weighted by Gasteiger charge is -2.39. The minimum atomic E-state index is 0.260. The molecule has 5 nitrogen and oxygen atoms in total. The van der Waals surface area contributed by atoms with Crippen LogP contribution in [0.1, 0.15) is 23.1 Å². The largest absolute Gasteiger partial charge is 0.492 e. The van der Waals surface area contributed by atoms with E-state index in [4.69, 9.17) is 4.74 Å². The molecular formula is C24H30N4O. The Morgan fingerprint density at radius 2 is 1.59 bits per heavy atom. The van der Waals surface area contributed by atoms with Crippen molar-refractivity contribution in [2.75, 3.05) is 32.8 Å². The van der Waals surface area contributed by atoms with E-state index in [0.717, 1.165) is 50.0 Å². The molecule has 4 rings (SSSR count). The van der Waals surface area contributed by atoms with Crippen molar-refractivity contribution in [1.29, 1.82) is 0 Å². The molecule has 0 spiro atoms. The average Bonchev–Trinajstić information content (AvgIpc) is 3.07. The molecule has 1 aromatic heterocycles. The molecule has 1 saturated heterocycles. The third kappa shape index (κ3) is 5.05. The quantitative estimate of drug-likeness (QED) is 0.616. The fourth-order valence-electron chi connectivity index (χ4n) is 3.95. The molecule has 0 bridgehead atoms. The van der Waals surface area contributed by atoms with Crippen molar-refractivity contribution >= 4 is 0 Å². The lowest BCUT2D eigenvalue weighted by Crippen LogP contribution is -2.48. The molecule has 1 atom stereocenters. The van der Waals surface area contributed by atoms with Gasteiger partial charge in [-0.2, -0.15) is 0 Å². The highest BCUT2D eigenvalue weighted by Gasteiger charge is 2.26. The van der Waals surface area contributed by atoms with E-state index in [0.29, 0.717) is 6.61 Å². The van der Waals surface area contributed by atoms with Crippen molar-refractivity contribution in [3.05, 3.63) is 83.9 Å². The van der Waals surface area contributed by atoms with Gasteiger partial charge in [0, 0.05) is 46.0 Å². The van der Waals surface area contributed by atoms with Gasteiger partial charge in [-0.15, -0.1) is 0 Å². The zero-order valence-electron chi connectivity index (χ0n) is 17.4. The summed E-state index contributed by atoms with van der Waals surface area (Å²) < 4.78 is 8.24. The van der Waals surface area contributed by atoms with Crippen LogP contribution in [-0.2, 0) is 13.6 Å². The fourth-order valence-corrected chi connectivity index (χ4v) is 3.95. The van der Waals surface area contributed by atoms with Gasteiger partial charge in [-0.3, -0.25) is 9.80 Å². The maximum absolute atomic E-state index is 6.15. The number of rotatable bonds is 7. The molecule has 29 heavy (non-hydrogen) atoms. The highest BCUT2D eigenvalue weighted by molar-refractivity contribution is 5.23. The van der Waals surface area contributed by atoms with E-state index in [-0.39, 0.29) is 6.04 Å². The van der Waals surface area contributed by atoms with Gasteiger partial charge >= 0.3 is 0 Å². The van der Waals surface area contributed by atoms with Gasteiger partial charge in [0.1, 0.15) is 18.2 Å². The van der Waals surface area contributed by atoms with Gasteiger partial charge in [-0.05, 0) is 24.6 Å². The Morgan fingerprint density at radius 1 is 0.931 bits per heavy atom. The fraction of sp³-hybridized carbons (Fsp3) is 0.375. The van der Waals surface area contributed by atoms with Gasteiger partial charge in [0.25, 0.3) is 0 Å². The van der Waals surface area contributed by atoms with Crippen molar-refractivity contribution in [3.8, 4) is 5.75 Å². The Morgan fingerprint density at radius 3 is 2.21 bits per heavy atom. The molecule has 0 N–H and O–H groups in total. The number of hydrogen-bond donors (Lipinski definition) is 0. The van der Waals surface area contributed by atoms with Crippen LogP contribution in [0.3, 0.4) is 0 Å². The maximum Gasteiger partial charge on any atom is 0.119 e. The van der Waals surface area contributed by atoms with E-state index in [1.807, 2.05) is 30.3 Å². The average molecular weight is 391 g/mol. The van der Waals surface area contributed by atoms with Crippen molar-refractivity contribution in [2.24, 2.45) is 7.05 Å². The molecule has 0 aliphatic carbocycles. The standard InChI is InChI=1S/C24H30N4O/c1-20-25-22(17-26(20)2)18-27-13-15-28(16-14-27)24(21-9-5-3-6-10-21)19-29-23-11-7-4-8-12-23/h3-12,17,24H,13-16,18-19H2,1-2H3. The van der Waals surface area contributed by atoms with Crippen LogP contribution in [0.5, 0.6) is 5.75 Å². The number of piperazine rings is 1. The van der Waals surface area contributed by atoms with E-state index < -0.39 is 0 Å². The zero-order chi connectivity index (χ0) is 20.1. The Labute approximate surface area is 173 Å². The predicted molar refractivity (Wildman–Crippen MR) is 116 cm³/mol. The number of imidazole rings is 1. The van der Waals surface area contributed by atoms with Crippen LogP contribution in [0.15, 0.2) is 66.9 Å². The van der Waals surface area contributed by atoms with E-state index in [2.05, 4.69) is 69.9 Å². The number of para-hydroxylation sites is 1. The third-order valence-electron chi connectivity index (χ3n) is 5.73. The Balaban J connectivity index is 1.39. The Bertz CT molecular complexity index is 866. The van der Waals surface area contributed by atoms with Crippen LogP contribution in [-0.4, -0.2) is 52.1 Å². The number of benzene rings is 2. The minimum absolute atomic E-state index is 0.260. The summed E-state index contributed by atoms with van der Waals surface area (Å²) in [4.78, 5) is 9.71. The van der Waals surface area contributed by atoms with E-state index in [9.17, 15) is 0 Å². The number of ether oxygens (including phenoxy) is 1. The van der Waals surface area contributed by atoms with Gasteiger partial charge in [0.05, 0.1) is 11.7 Å². The first-order valence-corrected chi connectivity index (χ1v) is 10.4. The zero-order valence-corrected chi connectivity index (χ0v) is 17.4. The SMILES string of the molecule is Cc1nc(CN2CCN(C(COc3ccccc3)c3ccccc3)CC2)cn1C. The lowest BCUT2D eigenvalue weighted by atomic mass is 10.0. The number of hydrogen-bond acceptors (Lipinski definition) is 4. The number of nitrogens with zero attached hydrogens (tertiary/aromatic N) is 4. The molecule has 2 heterocycles. The van der Waals surface area contributed by atoms with E-state index >= 15 is 0 Å². The molecule has 0 amide bonds. The summed E-state index contributed by atoms with van der Waals surface area (Å²) in [6, 6.07) is 21.1. The monoisotopic (exact) mass is 390 g/mol. The Hall–Kier alpha value is -2.63. The van der Waals surface area contributed by atoms with Crippen LogP contribution >= 0.6 is 0 Å². The van der Waals surface area contributed by atoms with Gasteiger partial charge in [-0.25, -0.2) is 4.98 Å². The first kappa shape index (κ1) is 19.7. The third-order valence-corrected chi connectivity index (χ3v) is 5.73. The van der Waals surface area contributed by atoms with E-state index in [1.54, 1.807) is 0 Å². The second kappa shape index (κ2) is 9.25. The molecule has 0 saturated carbocycles. The molecule has 0 radical (unpaired) electrons. The molecule has 152 valence electrons. The van der Waals surface area contributed by atoms with Crippen molar-refractivity contribution in [3.63, 3.8) is 0 Å². The normalized spacial score (nSPS) is 16.6. The van der Waals surface area contributed by atoms with Crippen LogP contribution in [0.2, 0.25) is 0 Å². The molecule has 1 fully saturated rings. The van der Waals surface area contributed by atoms with Crippen molar-refractivity contribution < 1.29 is 4.74 Å². The maximum atomic E-state index is 6.15. The Kier molecular flexibility index (Phi) is 6.27. The molecule has 2 aromatic carbocycles. The van der Waals surface area contributed by atoms with Crippen LogP contribution in [0.4, 0.5) is 0 Å². The molecule has 1 aliphatic rings. The molecule has 1 aliphatic heterocycles. The predicted octanol–water partition coefficient (Wildman–Crippen LogP) is 3.67. The van der Waals surface area contributed by atoms with Gasteiger partial charge in [0.2, 0.25) is 0 Å². The van der Waals surface area contributed by atoms with Crippen LogP contribution in [0.25, 0.3) is 0 Å². The first-order chi connectivity index (χ1) is 14.2. The summed E-state index contributed by atoms with van der Waals surface area (Å²) in [6.07, 6.45) is 2.14. The van der Waals surface area contributed by atoms with Crippen LogP contribution < -0.4 is 4.74 Å². The smallest absolute Gasteiger partial charge is 0.119 e. The summed E-state index contributed by atoms with van der Waals surface area (Å²) in [6.45, 7) is 7.79. The molecule has 1 unspecified atom stereocenters. The second-order valence-corrected chi connectivity index (χ2v) is 7.75.